The first kappa shape index (κ1) is 16.9. The van der Waals surface area contributed by atoms with Crippen LogP contribution in [0.1, 0.15) is 27.2 Å². The predicted molar refractivity (Wildman–Crippen MR) is 92.2 cm³/mol. The highest BCUT2D eigenvalue weighted by Gasteiger charge is 2.25. The lowest BCUT2D eigenvalue weighted by Gasteiger charge is -2.21. The summed E-state index contributed by atoms with van der Waals surface area (Å²) >= 11 is 0. The van der Waals surface area contributed by atoms with Gasteiger partial charge in [-0.25, -0.2) is 0 Å². The number of hydrogen-bond acceptors (Lipinski definition) is 3. The van der Waals surface area contributed by atoms with E-state index >= 15 is 0 Å². The summed E-state index contributed by atoms with van der Waals surface area (Å²) in [7, 11) is 1.61. The van der Waals surface area contributed by atoms with Crippen molar-refractivity contribution in [2.75, 3.05) is 12.4 Å². The summed E-state index contributed by atoms with van der Waals surface area (Å²) in [6, 6.07) is 14.8. The van der Waals surface area contributed by atoms with Gasteiger partial charge in [0.1, 0.15) is 5.75 Å². The molecule has 0 fully saturated rings. The number of benzene rings is 2. The summed E-state index contributed by atoms with van der Waals surface area (Å²) in [6.45, 7) is 5.87. The van der Waals surface area contributed by atoms with E-state index in [1.165, 1.54) is 0 Å². The van der Waals surface area contributed by atoms with Crippen LogP contribution in [0.3, 0.4) is 0 Å². The van der Waals surface area contributed by atoms with E-state index < -0.39 is 0 Å². The van der Waals surface area contributed by atoms with Crippen LogP contribution in [0.25, 0.3) is 0 Å². The Morgan fingerprint density at radius 1 is 1.04 bits per heavy atom. The number of anilines is 1. The number of ether oxygens (including phenoxy) is 2. The monoisotopic (exact) mass is 313 g/mol. The highest BCUT2D eigenvalue weighted by atomic mass is 16.5. The van der Waals surface area contributed by atoms with Crippen LogP contribution in [0, 0.1) is 5.41 Å². The van der Waals surface area contributed by atoms with Crippen molar-refractivity contribution in [3.63, 3.8) is 0 Å². The molecule has 4 heteroatoms. The second-order valence-corrected chi connectivity index (χ2v) is 5.97. The minimum absolute atomic E-state index is 0.0124. The van der Waals surface area contributed by atoms with Gasteiger partial charge >= 0.3 is 0 Å². The number of carbonyl (C=O) groups excluding carboxylic acids is 1. The van der Waals surface area contributed by atoms with E-state index in [4.69, 9.17) is 9.47 Å². The molecule has 0 radical (unpaired) electrons. The Labute approximate surface area is 137 Å². The number of nitrogens with one attached hydrogen (secondary N) is 1. The lowest BCUT2D eigenvalue weighted by molar-refractivity contribution is -0.124. The van der Waals surface area contributed by atoms with Crippen LogP contribution in [0.2, 0.25) is 0 Å². The quantitative estimate of drug-likeness (QED) is 0.828. The molecule has 0 aliphatic heterocycles. The summed E-state index contributed by atoms with van der Waals surface area (Å²) in [4.78, 5) is 12.2. The van der Waals surface area contributed by atoms with E-state index in [2.05, 4.69) is 5.32 Å². The summed E-state index contributed by atoms with van der Waals surface area (Å²) in [6.07, 6.45) is 0.786. The molecule has 0 saturated carbocycles. The summed E-state index contributed by atoms with van der Waals surface area (Å²) in [5.74, 6) is 2.02. The van der Waals surface area contributed by atoms with Gasteiger partial charge < -0.3 is 14.8 Å². The molecule has 2 aromatic carbocycles. The maximum absolute atomic E-state index is 12.2. The minimum Gasteiger partial charge on any atom is -0.493 e. The van der Waals surface area contributed by atoms with Crippen molar-refractivity contribution in [1.29, 1.82) is 0 Å². The fourth-order valence-corrected chi connectivity index (χ4v) is 1.90. The Balaban J connectivity index is 2.07. The molecule has 122 valence electrons. The van der Waals surface area contributed by atoms with Gasteiger partial charge in [0.25, 0.3) is 0 Å². The second kappa shape index (κ2) is 7.18. The van der Waals surface area contributed by atoms with Crippen molar-refractivity contribution < 1.29 is 14.3 Å². The molecule has 4 nitrogen and oxygen atoms in total. The van der Waals surface area contributed by atoms with Gasteiger partial charge in [-0.3, -0.25) is 4.79 Å². The topological polar surface area (TPSA) is 47.6 Å². The predicted octanol–water partition coefficient (Wildman–Crippen LogP) is 4.86. The van der Waals surface area contributed by atoms with E-state index in [0.717, 1.165) is 12.1 Å². The highest BCUT2D eigenvalue weighted by Crippen LogP contribution is 2.31. The molecule has 1 N–H and O–H groups in total. The molecule has 0 aliphatic carbocycles. The van der Waals surface area contributed by atoms with Crippen LogP contribution >= 0.6 is 0 Å². The first-order valence-electron chi connectivity index (χ1n) is 7.68. The summed E-state index contributed by atoms with van der Waals surface area (Å²) < 4.78 is 11.1. The zero-order valence-electron chi connectivity index (χ0n) is 14.1. The number of methoxy groups -OCH3 is 1. The van der Waals surface area contributed by atoms with Crippen molar-refractivity contribution in [3.8, 4) is 17.2 Å². The number of para-hydroxylation sites is 2. The average Bonchev–Trinajstić information content (AvgIpc) is 2.57. The Hall–Kier alpha value is -2.49. The van der Waals surface area contributed by atoms with Crippen molar-refractivity contribution in [1.82, 2.24) is 0 Å². The number of rotatable bonds is 6. The van der Waals surface area contributed by atoms with Gasteiger partial charge in [0.15, 0.2) is 11.5 Å². The molecule has 1 amide bonds. The van der Waals surface area contributed by atoms with E-state index in [9.17, 15) is 4.79 Å². The molecule has 0 aliphatic rings. The van der Waals surface area contributed by atoms with Crippen LogP contribution in [0.15, 0.2) is 48.5 Å². The van der Waals surface area contributed by atoms with Gasteiger partial charge in [-0.1, -0.05) is 32.9 Å². The Morgan fingerprint density at radius 3 is 2.22 bits per heavy atom. The molecule has 23 heavy (non-hydrogen) atoms. The Kier molecular flexibility index (Phi) is 5.27. The zero-order chi connectivity index (χ0) is 16.9. The average molecular weight is 313 g/mol. The number of carbonyl (C=O) groups is 1. The van der Waals surface area contributed by atoms with Gasteiger partial charge in [-0.2, -0.15) is 0 Å². The van der Waals surface area contributed by atoms with Crippen molar-refractivity contribution >= 4 is 11.6 Å². The lowest BCUT2D eigenvalue weighted by atomic mass is 9.89. The zero-order valence-corrected chi connectivity index (χ0v) is 14.1. The van der Waals surface area contributed by atoms with Crippen molar-refractivity contribution in [2.45, 2.75) is 27.2 Å². The third kappa shape index (κ3) is 4.25. The maximum Gasteiger partial charge on any atom is 0.230 e. The van der Waals surface area contributed by atoms with Crippen LogP contribution in [0.4, 0.5) is 5.69 Å². The standard InChI is InChI=1S/C19H23NO3/c1-5-19(2,3)18(21)20-14-10-12-15(13-11-14)23-17-9-7-6-8-16(17)22-4/h6-13H,5H2,1-4H3,(H,20,21). The van der Waals surface area contributed by atoms with Crippen LogP contribution in [-0.2, 0) is 4.79 Å². The van der Waals surface area contributed by atoms with E-state index in [1.807, 2.05) is 69.3 Å². The fourth-order valence-electron chi connectivity index (χ4n) is 1.90. The highest BCUT2D eigenvalue weighted by molar-refractivity contribution is 5.94. The molecule has 0 bridgehead atoms. The fraction of sp³-hybridized carbons (Fsp3) is 0.316. The van der Waals surface area contributed by atoms with Crippen LogP contribution in [0.5, 0.6) is 17.2 Å². The second-order valence-electron chi connectivity index (χ2n) is 5.97. The van der Waals surface area contributed by atoms with Crippen LogP contribution < -0.4 is 14.8 Å². The molecule has 0 aromatic heterocycles. The minimum atomic E-state index is -0.382. The van der Waals surface area contributed by atoms with Gasteiger partial charge in [-0.05, 0) is 42.8 Å². The first-order chi connectivity index (χ1) is 11.0. The Bertz CT molecular complexity index is 663. The molecule has 0 heterocycles. The van der Waals surface area contributed by atoms with Gasteiger partial charge in [0.2, 0.25) is 5.91 Å². The van der Waals surface area contributed by atoms with Crippen LogP contribution in [-0.4, -0.2) is 13.0 Å². The van der Waals surface area contributed by atoms with Gasteiger partial charge in [0.05, 0.1) is 7.11 Å². The lowest BCUT2D eigenvalue weighted by Crippen LogP contribution is -2.29. The number of amides is 1. The van der Waals surface area contributed by atoms with Crippen molar-refractivity contribution in [2.24, 2.45) is 5.41 Å². The molecule has 0 saturated heterocycles. The van der Waals surface area contributed by atoms with Crippen molar-refractivity contribution in [3.05, 3.63) is 48.5 Å². The molecule has 0 atom stereocenters. The molecule has 2 aromatic rings. The van der Waals surface area contributed by atoms with E-state index in [-0.39, 0.29) is 11.3 Å². The molecular formula is C19H23NO3. The Morgan fingerprint density at radius 2 is 1.65 bits per heavy atom. The molecule has 0 spiro atoms. The third-order valence-electron chi connectivity index (χ3n) is 3.91. The van der Waals surface area contributed by atoms with Gasteiger partial charge in [-0.15, -0.1) is 0 Å². The maximum atomic E-state index is 12.2. The first-order valence-corrected chi connectivity index (χ1v) is 7.68. The summed E-state index contributed by atoms with van der Waals surface area (Å²) in [5, 5.41) is 2.93. The number of hydrogen-bond donors (Lipinski definition) is 1. The van der Waals surface area contributed by atoms with E-state index in [1.54, 1.807) is 7.11 Å². The summed E-state index contributed by atoms with van der Waals surface area (Å²) in [5.41, 5.74) is 0.371. The largest absolute Gasteiger partial charge is 0.493 e. The van der Waals surface area contributed by atoms with E-state index in [0.29, 0.717) is 17.2 Å². The molecule has 2 rings (SSSR count). The third-order valence-corrected chi connectivity index (χ3v) is 3.91. The smallest absolute Gasteiger partial charge is 0.230 e. The molecule has 0 unspecified atom stereocenters. The molecular weight excluding hydrogens is 290 g/mol. The van der Waals surface area contributed by atoms with Gasteiger partial charge in [0, 0.05) is 11.1 Å². The normalized spacial score (nSPS) is 11.0. The SMILES string of the molecule is CCC(C)(C)C(=O)Nc1ccc(Oc2ccccc2OC)cc1.